The van der Waals surface area contributed by atoms with Crippen LogP contribution in [0.5, 0.6) is 11.5 Å². The molecule has 0 spiro atoms. The Labute approximate surface area is 167 Å². The summed E-state index contributed by atoms with van der Waals surface area (Å²) in [5.74, 6) is 0.680. The van der Waals surface area contributed by atoms with Gasteiger partial charge in [-0.05, 0) is 51.1 Å². The van der Waals surface area contributed by atoms with Crippen molar-refractivity contribution in [2.75, 3.05) is 47.0 Å². The molecular weight excluding hydrogens is 360 g/mol. The molecule has 1 aromatic rings. The minimum atomic E-state index is -0.286. The average molecular weight is 392 g/mol. The van der Waals surface area contributed by atoms with Gasteiger partial charge < -0.3 is 19.1 Å². The van der Waals surface area contributed by atoms with Crippen molar-refractivity contribution in [3.8, 4) is 11.5 Å². The van der Waals surface area contributed by atoms with Crippen molar-refractivity contribution in [1.82, 2.24) is 9.80 Å². The maximum Gasteiger partial charge on any atom is 0.307 e. The van der Waals surface area contributed by atoms with Gasteiger partial charge in [-0.3, -0.25) is 14.5 Å². The molecule has 0 bridgehead atoms. The summed E-state index contributed by atoms with van der Waals surface area (Å²) in [5, 5.41) is 0. The van der Waals surface area contributed by atoms with Gasteiger partial charge in [-0.25, -0.2) is 0 Å². The van der Waals surface area contributed by atoms with Crippen molar-refractivity contribution in [3.05, 3.63) is 23.8 Å². The van der Waals surface area contributed by atoms with E-state index in [1.54, 1.807) is 44.2 Å². The third-order valence-corrected chi connectivity index (χ3v) is 5.15. The summed E-state index contributed by atoms with van der Waals surface area (Å²) in [7, 11) is 3.10. The number of rotatable bonds is 10. The van der Waals surface area contributed by atoms with E-state index in [0.717, 1.165) is 25.9 Å². The molecule has 1 aromatic carbocycles. The quantitative estimate of drug-likeness (QED) is 0.570. The highest BCUT2D eigenvalue weighted by Gasteiger charge is 2.28. The Morgan fingerprint density at radius 3 is 2.57 bits per heavy atom. The van der Waals surface area contributed by atoms with E-state index >= 15 is 0 Å². The third-order valence-electron chi connectivity index (χ3n) is 5.15. The lowest BCUT2D eigenvalue weighted by atomic mass is 10.1. The first-order valence-corrected chi connectivity index (χ1v) is 9.94. The third kappa shape index (κ3) is 5.61. The number of hydrogen-bond donors (Lipinski definition) is 0. The molecule has 0 N–H and O–H groups in total. The largest absolute Gasteiger partial charge is 0.493 e. The number of methoxy groups -OCH3 is 2. The van der Waals surface area contributed by atoms with E-state index in [9.17, 15) is 9.59 Å². The number of benzene rings is 1. The average Bonchev–Trinajstić information content (AvgIpc) is 3.17. The molecule has 1 amide bonds. The van der Waals surface area contributed by atoms with Gasteiger partial charge in [-0.15, -0.1) is 0 Å². The molecule has 7 heteroatoms. The topological polar surface area (TPSA) is 68.3 Å². The molecule has 0 saturated carbocycles. The van der Waals surface area contributed by atoms with Crippen LogP contribution in [0.3, 0.4) is 0 Å². The van der Waals surface area contributed by atoms with Gasteiger partial charge in [0.25, 0.3) is 5.91 Å². The molecule has 1 unspecified atom stereocenters. The van der Waals surface area contributed by atoms with E-state index in [4.69, 9.17) is 14.2 Å². The maximum atomic E-state index is 13.2. The van der Waals surface area contributed by atoms with E-state index < -0.39 is 0 Å². The summed E-state index contributed by atoms with van der Waals surface area (Å²) in [6.07, 6.45) is 2.38. The number of likely N-dealkylation sites (tertiary alicyclic amines) is 1. The van der Waals surface area contributed by atoms with Gasteiger partial charge in [0.05, 0.1) is 27.2 Å². The standard InChI is InChI=1S/C21H32N2O5/c1-5-22-12-7-8-17(22)15-23(13-11-20(24)28-6-2)21(25)16-9-10-18(26-3)19(14-16)27-4/h9-10,14,17H,5-8,11-13,15H2,1-4H3. The first-order valence-electron chi connectivity index (χ1n) is 9.94. The fraction of sp³-hybridized carbons (Fsp3) is 0.619. The van der Waals surface area contributed by atoms with Crippen LogP contribution in [0, 0.1) is 0 Å². The molecule has 0 radical (unpaired) electrons. The van der Waals surface area contributed by atoms with Crippen molar-refractivity contribution in [2.45, 2.75) is 39.2 Å². The zero-order valence-corrected chi connectivity index (χ0v) is 17.4. The summed E-state index contributed by atoms with van der Waals surface area (Å²) in [5.41, 5.74) is 0.516. The first kappa shape index (κ1) is 22.0. The molecule has 0 aliphatic carbocycles. The van der Waals surface area contributed by atoms with Gasteiger partial charge in [-0.1, -0.05) is 6.92 Å². The molecule has 2 rings (SSSR count). The smallest absolute Gasteiger partial charge is 0.307 e. The number of amides is 1. The second-order valence-corrected chi connectivity index (χ2v) is 6.80. The van der Waals surface area contributed by atoms with Crippen LogP contribution in [-0.2, 0) is 9.53 Å². The highest BCUT2D eigenvalue weighted by molar-refractivity contribution is 5.95. The Morgan fingerprint density at radius 1 is 1.18 bits per heavy atom. The van der Waals surface area contributed by atoms with E-state index in [1.165, 1.54) is 0 Å². The molecule has 156 valence electrons. The van der Waals surface area contributed by atoms with Crippen LogP contribution < -0.4 is 9.47 Å². The van der Waals surface area contributed by atoms with Crippen molar-refractivity contribution < 1.29 is 23.8 Å². The van der Waals surface area contributed by atoms with Crippen LogP contribution in [0.15, 0.2) is 18.2 Å². The van der Waals surface area contributed by atoms with E-state index in [1.807, 2.05) is 0 Å². The van der Waals surface area contributed by atoms with E-state index in [-0.39, 0.29) is 18.3 Å². The Kier molecular flexibility index (Phi) is 8.57. The number of esters is 1. The zero-order chi connectivity index (χ0) is 20.5. The van der Waals surface area contributed by atoms with Crippen molar-refractivity contribution in [2.24, 2.45) is 0 Å². The summed E-state index contributed by atoms with van der Waals surface area (Å²) < 4.78 is 15.6. The number of likely N-dealkylation sites (N-methyl/N-ethyl adjacent to an activating group) is 1. The SMILES string of the molecule is CCOC(=O)CCN(CC1CCCN1CC)C(=O)c1ccc(OC)c(OC)c1. The number of carbonyl (C=O) groups is 2. The summed E-state index contributed by atoms with van der Waals surface area (Å²) in [6.45, 7) is 7.20. The maximum absolute atomic E-state index is 13.2. The fourth-order valence-corrected chi connectivity index (χ4v) is 3.66. The highest BCUT2D eigenvalue weighted by Crippen LogP contribution is 2.28. The molecule has 1 saturated heterocycles. The van der Waals surface area contributed by atoms with Crippen LogP contribution in [0.2, 0.25) is 0 Å². The summed E-state index contributed by atoms with van der Waals surface area (Å²) >= 11 is 0. The Morgan fingerprint density at radius 2 is 1.93 bits per heavy atom. The van der Waals surface area contributed by atoms with Gasteiger partial charge in [0.2, 0.25) is 0 Å². The number of nitrogens with zero attached hydrogens (tertiary/aromatic N) is 2. The minimum absolute atomic E-state index is 0.117. The van der Waals surface area contributed by atoms with E-state index in [2.05, 4.69) is 11.8 Å². The lowest BCUT2D eigenvalue weighted by Gasteiger charge is -2.30. The van der Waals surface area contributed by atoms with Gasteiger partial charge in [-0.2, -0.15) is 0 Å². The second kappa shape index (κ2) is 10.9. The molecule has 1 fully saturated rings. The summed E-state index contributed by atoms with van der Waals surface area (Å²) in [4.78, 5) is 29.2. The van der Waals surface area contributed by atoms with Crippen LogP contribution in [-0.4, -0.2) is 74.7 Å². The lowest BCUT2D eigenvalue weighted by Crippen LogP contribution is -2.44. The zero-order valence-electron chi connectivity index (χ0n) is 17.4. The molecular formula is C21H32N2O5. The Bertz CT molecular complexity index is 664. The minimum Gasteiger partial charge on any atom is -0.493 e. The molecule has 1 aliphatic rings. The van der Waals surface area contributed by atoms with Gasteiger partial charge in [0.15, 0.2) is 11.5 Å². The monoisotopic (exact) mass is 392 g/mol. The van der Waals surface area contributed by atoms with Gasteiger partial charge in [0.1, 0.15) is 0 Å². The molecule has 1 aliphatic heterocycles. The van der Waals surface area contributed by atoms with Crippen LogP contribution in [0.4, 0.5) is 0 Å². The number of hydrogen-bond acceptors (Lipinski definition) is 6. The molecule has 7 nitrogen and oxygen atoms in total. The van der Waals surface area contributed by atoms with Crippen molar-refractivity contribution >= 4 is 11.9 Å². The van der Waals surface area contributed by atoms with Crippen LogP contribution in [0.1, 0.15) is 43.5 Å². The molecule has 1 atom stereocenters. The van der Waals surface area contributed by atoms with Gasteiger partial charge >= 0.3 is 5.97 Å². The fourth-order valence-electron chi connectivity index (χ4n) is 3.66. The summed E-state index contributed by atoms with van der Waals surface area (Å²) in [6, 6.07) is 5.46. The normalized spacial score (nSPS) is 16.6. The van der Waals surface area contributed by atoms with Crippen molar-refractivity contribution in [3.63, 3.8) is 0 Å². The second-order valence-electron chi connectivity index (χ2n) is 6.80. The number of carbonyl (C=O) groups excluding carboxylic acids is 2. The lowest BCUT2D eigenvalue weighted by molar-refractivity contribution is -0.143. The first-order chi connectivity index (χ1) is 13.5. The van der Waals surface area contributed by atoms with Crippen LogP contribution >= 0.6 is 0 Å². The molecule has 0 aromatic heterocycles. The Balaban J connectivity index is 2.18. The predicted octanol–water partition coefficient (Wildman–Crippen LogP) is 2.58. The van der Waals surface area contributed by atoms with Crippen molar-refractivity contribution in [1.29, 1.82) is 0 Å². The molecule has 28 heavy (non-hydrogen) atoms. The predicted molar refractivity (Wildman–Crippen MR) is 107 cm³/mol. The highest BCUT2D eigenvalue weighted by atomic mass is 16.5. The molecule has 1 heterocycles. The van der Waals surface area contributed by atoms with Crippen LogP contribution in [0.25, 0.3) is 0 Å². The van der Waals surface area contributed by atoms with E-state index in [0.29, 0.717) is 42.8 Å². The Hall–Kier alpha value is -2.28. The number of ether oxygens (including phenoxy) is 3. The van der Waals surface area contributed by atoms with Gasteiger partial charge in [0, 0.05) is 24.7 Å².